The van der Waals surface area contributed by atoms with E-state index in [1.165, 1.54) is 12.1 Å². The highest BCUT2D eigenvalue weighted by molar-refractivity contribution is 6.77. The average Bonchev–Trinajstić information content (AvgIpc) is 1.59. The van der Waals surface area contributed by atoms with Crippen molar-refractivity contribution in [3.8, 4) is 0 Å². The van der Waals surface area contributed by atoms with E-state index in [0.29, 0.717) is 0 Å². The summed E-state index contributed by atoms with van der Waals surface area (Å²) in [5.74, 6) is 0. The maximum absolute atomic E-state index is 5.60. The molecule has 0 aliphatic heterocycles. The highest BCUT2D eigenvalue weighted by Gasteiger charge is 2.12. The zero-order valence-electron chi connectivity index (χ0n) is 6.75. The van der Waals surface area contributed by atoms with Gasteiger partial charge in [0.05, 0.1) is 14.0 Å². The Morgan fingerprint density at radius 3 is 2.10 bits per heavy atom. The quantitative estimate of drug-likeness (QED) is 0.497. The predicted octanol–water partition coefficient (Wildman–Crippen LogP) is 3.21. The molecule has 0 aromatic carbocycles. The Morgan fingerprint density at radius 2 is 1.80 bits per heavy atom. The molecule has 0 spiro atoms. The van der Waals surface area contributed by atoms with Crippen LogP contribution in [0.15, 0.2) is 0 Å². The fraction of sp³-hybridized carbons (Fsp3) is 1.00. The van der Waals surface area contributed by atoms with E-state index in [4.69, 9.17) is 23.2 Å². The lowest BCUT2D eigenvalue weighted by atomic mass is 10.9. The van der Waals surface area contributed by atoms with Crippen molar-refractivity contribution in [3.63, 3.8) is 0 Å². The summed E-state index contributed by atoms with van der Waals surface area (Å²) in [6.07, 6.45) is 0. The molecule has 0 unspecified atom stereocenters. The van der Waals surface area contributed by atoms with Gasteiger partial charge in [-0.25, -0.2) is 0 Å². The molecule has 2 radical (unpaired) electrons. The molecule has 0 rings (SSSR count). The van der Waals surface area contributed by atoms with Crippen LogP contribution in [0.5, 0.6) is 0 Å². The van der Waals surface area contributed by atoms with Gasteiger partial charge in [-0.15, -0.1) is 23.2 Å². The third-order valence-electron chi connectivity index (χ3n) is 1.17. The number of halogens is 2. The van der Waals surface area contributed by atoms with Crippen LogP contribution >= 0.6 is 23.2 Å². The Kier molecular flexibility index (Phi) is 5.29. The van der Waals surface area contributed by atoms with Crippen LogP contribution < -0.4 is 0 Å². The van der Waals surface area contributed by atoms with Crippen LogP contribution in [-0.4, -0.2) is 22.1 Å². The summed E-state index contributed by atoms with van der Waals surface area (Å²) in [6.45, 7) is 7.11. The van der Waals surface area contributed by atoms with Gasteiger partial charge in [0.25, 0.3) is 0 Å². The van der Waals surface area contributed by atoms with Crippen LogP contribution in [0.1, 0.15) is 0 Å². The van der Waals surface area contributed by atoms with Gasteiger partial charge in [0.2, 0.25) is 0 Å². The minimum atomic E-state index is -0.834. The molecular formula is C6H14Cl2Si2. The molecule has 0 aromatic heterocycles. The molecule has 0 aliphatic rings. The zero-order valence-corrected chi connectivity index (χ0v) is 10.3. The summed E-state index contributed by atoms with van der Waals surface area (Å²) in [7, 11) is -0.107. The van der Waals surface area contributed by atoms with E-state index in [1.54, 1.807) is 0 Å². The van der Waals surface area contributed by atoms with E-state index in [-0.39, 0.29) is 4.46 Å². The van der Waals surface area contributed by atoms with Crippen LogP contribution in [0, 0.1) is 0 Å². The fourth-order valence-corrected chi connectivity index (χ4v) is 5.01. The first-order valence-corrected chi connectivity index (χ1v) is 9.30. The lowest BCUT2D eigenvalue weighted by molar-refractivity contribution is 1.32. The highest BCUT2D eigenvalue weighted by Crippen LogP contribution is 2.13. The summed E-state index contributed by atoms with van der Waals surface area (Å²) in [4.78, 5) is 0. The number of alkyl halides is 2. The van der Waals surface area contributed by atoms with Crippen molar-refractivity contribution >= 4 is 40.8 Å². The lowest BCUT2D eigenvalue weighted by Gasteiger charge is -2.14. The summed E-state index contributed by atoms with van der Waals surface area (Å²) in [5, 5.41) is 0. The predicted molar refractivity (Wildman–Crippen MR) is 54.2 cm³/mol. The SMILES string of the molecule is C[Si](C)(C)CC[Si]C(Cl)Cl. The number of hydrogen-bond donors (Lipinski definition) is 0. The van der Waals surface area contributed by atoms with Crippen LogP contribution in [-0.2, 0) is 0 Å². The van der Waals surface area contributed by atoms with Gasteiger partial charge in [0.1, 0.15) is 0 Å². The molecule has 10 heavy (non-hydrogen) atoms. The van der Waals surface area contributed by atoms with Gasteiger partial charge in [-0.3, -0.25) is 0 Å². The minimum absolute atomic E-state index is 0.128. The van der Waals surface area contributed by atoms with Crippen molar-refractivity contribution in [1.29, 1.82) is 0 Å². The maximum atomic E-state index is 5.60. The molecule has 0 aromatic rings. The molecule has 0 saturated heterocycles. The molecule has 4 heteroatoms. The summed E-state index contributed by atoms with van der Waals surface area (Å²) in [6, 6.07) is 2.56. The molecule has 0 saturated carbocycles. The van der Waals surface area contributed by atoms with Crippen LogP contribution in [0.4, 0.5) is 0 Å². The van der Waals surface area contributed by atoms with Crippen molar-refractivity contribution in [3.05, 3.63) is 0 Å². The van der Waals surface area contributed by atoms with Gasteiger partial charge in [0, 0.05) is 8.07 Å². The molecular weight excluding hydrogens is 199 g/mol. The van der Waals surface area contributed by atoms with Crippen molar-refractivity contribution in [2.45, 2.75) is 36.2 Å². The molecule has 0 fully saturated rings. The standard InChI is InChI=1S/C6H14Cl2Si2/c1-10(2,3)5-4-9-6(7)8/h6H,4-5H2,1-3H3. The van der Waals surface area contributed by atoms with Crippen molar-refractivity contribution < 1.29 is 0 Å². The van der Waals surface area contributed by atoms with E-state index in [2.05, 4.69) is 19.6 Å². The smallest absolute Gasteiger partial charge is 0.0928 e. The monoisotopic (exact) mass is 212 g/mol. The first-order chi connectivity index (χ1) is 4.42. The van der Waals surface area contributed by atoms with Gasteiger partial charge in [-0.1, -0.05) is 31.7 Å². The summed E-state index contributed by atoms with van der Waals surface area (Å²) < 4.78 is -0.128. The highest BCUT2D eigenvalue weighted by atomic mass is 35.5. The Labute approximate surface area is 77.1 Å². The van der Waals surface area contributed by atoms with E-state index in [1.807, 2.05) is 0 Å². The molecule has 0 nitrogen and oxygen atoms in total. The zero-order chi connectivity index (χ0) is 8.20. The van der Waals surface area contributed by atoms with Gasteiger partial charge in [0.15, 0.2) is 0 Å². The van der Waals surface area contributed by atoms with Crippen molar-refractivity contribution in [2.24, 2.45) is 0 Å². The molecule has 0 N–H and O–H groups in total. The second-order valence-electron chi connectivity index (χ2n) is 3.57. The third kappa shape index (κ3) is 9.01. The van der Waals surface area contributed by atoms with Crippen LogP contribution in [0.3, 0.4) is 0 Å². The molecule has 0 atom stereocenters. The Morgan fingerprint density at radius 1 is 1.30 bits per heavy atom. The van der Waals surface area contributed by atoms with Crippen molar-refractivity contribution in [1.82, 2.24) is 0 Å². The van der Waals surface area contributed by atoms with Gasteiger partial charge >= 0.3 is 0 Å². The van der Waals surface area contributed by atoms with Crippen molar-refractivity contribution in [2.75, 3.05) is 0 Å². The molecule has 0 bridgehead atoms. The van der Waals surface area contributed by atoms with Gasteiger partial charge < -0.3 is 0 Å². The summed E-state index contributed by atoms with van der Waals surface area (Å²) >= 11 is 11.2. The lowest BCUT2D eigenvalue weighted by Crippen LogP contribution is -2.20. The molecule has 60 valence electrons. The van der Waals surface area contributed by atoms with E-state index in [9.17, 15) is 0 Å². The van der Waals surface area contributed by atoms with E-state index >= 15 is 0 Å². The second kappa shape index (κ2) is 4.80. The normalized spacial score (nSPS) is 12.6. The first-order valence-electron chi connectivity index (χ1n) is 3.43. The van der Waals surface area contributed by atoms with Gasteiger partial charge in [-0.05, 0) is 0 Å². The largest absolute Gasteiger partial charge is 0.110 e. The van der Waals surface area contributed by atoms with Crippen LogP contribution in [0.2, 0.25) is 31.7 Å². The summed E-state index contributed by atoms with van der Waals surface area (Å²) in [5.41, 5.74) is 0. The molecule has 0 aliphatic carbocycles. The first kappa shape index (κ1) is 11.0. The Balaban J connectivity index is 3.21. The fourth-order valence-electron chi connectivity index (χ4n) is 0.556. The number of rotatable bonds is 4. The van der Waals surface area contributed by atoms with E-state index in [0.717, 1.165) is 9.52 Å². The topological polar surface area (TPSA) is 0 Å². The third-order valence-corrected chi connectivity index (χ3v) is 5.20. The minimum Gasteiger partial charge on any atom is -0.110 e. The second-order valence-corrected chi connectivity index (χ2v) is 12.5. The molecule has 0 amide bonds. The maximum Gasteiger partial charge on any atom is 0.0928 e. The molecule has 0 heterocycles. The Hall–Kier alpha value is 1.01. The number of hydrogen-bond acceptors (Lipinski definition) is 0. The average molecular weight is 213 g/mol. The van der Waals surface area contributed by atoms with Gasteiger partial charge in [-0.2, -0.15) is 0 Å². The Bertz CT molecular complexity index is 88.2. The van der Waals surface area contributed by atoms with E-state index < -0.39 is 8.07 Å². The van der Waals surface area contributed by atoms with Crippen LogP contribution in [0.25, 0.3) is 0 Å².